The number of Topliss-reactive ketones (excluding diaryl/α,β-unsaturated/α-hetero) is 1. The number of para-hydroxylation sites is 2. The Morgan fingerprint density at radius 2 is 2.15 bits per heavy atom. The quantitative estimate of drug-likeness (QED) is 0.855. The van der Waals surface area contributed by atoms with Crippen LogP contribution in [-0.4, -0.2) is 15.3 Å². The van der Waals surface area contributed by atoms with Gasteiger partial charge >= 0.3 is 0 Å². The van der Waals surface area contributed by atoms with Gasteiger partial charge in [-0.1, -0.05) is 31.9 Å². The van der Waals surface area contributed by atoms with Gasteiger partial charge in [0.15, 0.2) is 0 Å². The summed E-state index contributed by atoms with van der Waals surface area (Å²) in [6.07, 6.45) is 5.06. The third kappa shape index (κ3) is 2.49. The Morgan fingerprint density at radius 1 is 1.35 bits per heavy atom. The van der Waals surface area contributed by atoms with Gasteiger partial charge in [0.2, 0.25) is 0 Å². The standard InChI is InChI=1S/C17H22N2O/c1-12-6-5-7-13(10-12)16(20)11-17-18-14-8-3-4-9-15(14)19(17)2/h3-4,8-9,12-13H,5-7,10-11H2,1-2H3. The number of fused-ring (bicyclic) bond motifs is 1. The first kappa shape index (κ1) is 13.3. The summed E-state index contributed by atoms with van der Waals surface area (Å²) in [5, 5.41) is 0. The molecule has 0 amide bonds. The molecule has 106 valence electrons. The fourth-order valence-electron chi connectivity index (χ4n) is 3.38. The van der Waals surface area contributed by atoms with Gasteiger partial charge in [0, 0.05) is 13.0 Å². The van der Waals surface area contributed by atoms with Gasteiger partial charge in [-0.15, -0.1) is 0 Å². The summed E-state index contributed by atoms with van der Waals surface area (Å²) in [4.78, 5) is 17.1. The molecule has 3 heteroatoms. The molecular weight excluding hydrogens is 248 g/mol. The smallest absolute Gasteiger partial charge is 0.143 e. The number of aromatic nitrogens is 2. The van der Waals surface area contributed by atoms with E-state index in [1.807, 2.05) is 25.2 Å². The Balaban J connectivity index is 1.79. The zero-order valence-electron chi connectivity index (χ0n) is 12.3. The lowest BCUT2D eigenvalue weighted by atomic mass is 9.79. The second-order valence-electron chi connectivity index (χ2n) is 6.19. The highest BCUT2D eigenvalue weighted by atomic mass is 16.1. The maximum absolute atomic E-state index is 12.5. The third-order valence-electron chi connectivity index (χ3n) is 4.60. The van der Waals surface area contributed by atoms with Gasteiger partial charge in [0.25, 0.3) is 0 Å². The molecule has 0 aliphatic heterocycles. The largest absolute Gasteiger partial charge is 0.331 e. The molecule has 1 saturated carbocycles. The van der Waals surface area contributed by atoms with Gasteiger partial charge in [0.1, 0.15) is 11.6 Å². The minimum Gasteiger partial charge on any atom is -0.331 e. The molecule has 3 nitrogen and oxygen atoms in total. The minimum absolute atomic E-state index is 0.249. The Kier molecular flexibility index (Phi) is 3.60. The van der Waals surface area contributed by atoms with Crippen LogP contribution in [0.4, 0.5) is 0 Å². The topological polar surface area (TPSA) is 34.9 Å². The minimum atomic E-state index is 0.249. The number of rotatable bonds is 3. The highest BCUT2D eigenvalue weighted by Crippen LogP contribution is 2.30. The SMILES string of the molecule is CC1CCCC(C(=O)Cc2nc3ccccc3n2C)C1. The van der Waals surface area contributed by atoms with Crippen LogP contribution in [0.15, 0.2) is 24.3 Å². The maximum atomic E-state index is 12.5. The number of benzene rings is 1. The normalized spacial score (nSPS) is 23.1. The van der Waals surface area contributed by atoms with E-state index >= 15 is 0 Å². The molecule has 1 aliphatic carbocycles. The van der Waals surface area contributed by atoms with Crippen molar-refractivity contribution < 1.29 is 4.79 Å². The predicted octanol–water partition coefficient (Wildman–Crippen LogP) is 3.51. The summed E-state index contributed by atoms with van der Waals surface area (Å²) in [5.74, 6) is 2.21. The lowest BCUT2D eigenvalue weighted by Crippen LogP contribution is -2.24. The molecule has 1 aromatic carbocycles. The number of hydrogen-bond donors (Lipinski definition) is 0. The van der Waals surface area contributed by atoms with Gasteiger partial charge in [-0.05, 0) is 30.9 Å². The number of carbonyl (C=O) groups is 1. The maximum Gasteiger partial charge on any atom is 0.143 e. The van der Waals surface area contributed by atoms with E-state index in [1.54, 1.807) is 0 Å². The molecule has 1 fully saturated rings. The number of aryl methyl sites for hydroxylation is 1. The van der Waals surface area contributed by atoms with Crippen LogP contribution in [0.2, 0.25) is 0 Å². The van der Waals surface area contributed by atoms with E-state index in [1.165, 1.54) is 12.8 Å². The summed E-state index contributed by atoms with van der Waals surface area (Å²) < 4.78 is 2.06. The Morgan fingerprint density at radius 3 is 2.90 bits per heavy atom. The number of imidazole rings is 1. The number of ketones is 1. The van der Waals surface area contributed by atoms with Crippen molar-refractivity contribution in [3.05, 3.63) is 30.1 Å². The van der Waals surface area contributed by atoms with E-state index in [9.17, 15) is 4.79 Å². The second kappa shape index (κ2) is 5.39. The fourth-order valence-corrected chi connectivity index (χ4v) is 3.38. The molecule has 3 rings (SSSR count). The van der Waals surface area contributed by atoms with Gasteiger partial charge < -0.3 is 4.57 Å². The lowest BCUT2D eigenvalue weighted by molar-refractivity contribution is -0.123. The predicted molar refractivity (Wildman–Crippen MR) is 80.5 cm³/mol. The van der Waals surface area contributed by atoms with E-state index in [0.717, 1.165) is 29.7 Å². The van der Waals surface area contributed by atoms with Crippen LogP contribution in [0.1, 0.15) is 38.4 Å². The van der Waals surface area contributed by atoms with Gasteiger partial charge in [0.05, 0.1) is 17.5 Å². The third-order valence-corrected chi connectivity index (χ3v) is 4.60. The molecule has 1 aliphatic rings. The average molecular weight is 270 g/mol. The lowest BCUT2D eigenvalue weighted by Gasteiger charge is -2.25. The highest BCUT2D eigenvalue weighted by Gasteiger charge is 2.26. The van der Waals surface area contributed by atoms with E-state index in [0.29, 0.717) is 18.1 Å². The van der Waals surface area contributed by atoms with E-state index in [-0.39, 0.29) is 5.92 Å². The summed E-state index contributed by atoms with van der Waals surface area (Å²) >= 11 is 0. The van der Waals surface area contributed by atoms with Crippen LogP contribution in [0.3, 0.4) is 0 Å². The first-order valence-corrected chi connectivity index (χ1v) is 7.58. The molecule has 1 heterocycles. The molecular formula is C17H22N2O. The summed E-state index contributed by atoms with van der Waals surface area (Å²) in [6.45, 7) is 2.26. The van der Waals surface area contributed by atoms with Crippen molar-refractivity contribution >= 4 is 16.8 Å². The molecule has 0 radical (unpaired) electrons. The monoisotopic (exact) mass is 270 g/mol. The van der Waals surface area contributed by atoms with Crippen LogP contribution in [-0.2, 0) is 18.3 Å². The van der Waals surface area contributed by atoms with E-state index in [2.05, 4.69) is 22.5 Å². The van der Waals surface area contributed by atoms with Crippen molar-refractivity contribution in [2.45, 2.75) is 39.0 Å². The summed E-state index contributed by atoms with van der Waals surface area (Å²) in [6, 6.07) is 8.06. The van der Waals surface area contributed by atoms with Crippen LogP contribution < -0.4 is 0 Å². The van der Waals surface area contributed by atoms with Gasteiger partial charge in [-0.2, -0.15) is 0 Å². The molecule has 0 bridgehead atoms. The Hall–Kier alpha value is -1.64. The van der Waals surface area contributed by atoms with Gasteiger partial charge in [-0.25, -0.2) is 4.98 Å². The van der Waals surface area contributed by atoms with Crippen molar-refractivity contribution in [3.63, 3.8) is 0 Å². The fraction of sp³-hybridized carbons (Fsp3) is 0.529. The van der Waals surface area contributed by atoms with E-state index in [4.69, 9.17) is 0 Å². The van der Waals surface area contributed by atoms with Gasteiger partial charge in [-0.3, -0.25) is 4.79 Å². The van der Waals surface area contributed by atoms with Crippen molar-refractivity contribution in [2.75, 3.05) is 0 Å². The molecule has 2 atom stereocenters. The number of nitrogens with zero attached hydrogens (tertiary/aromatic N) is 2. The summed E-state index contributed by atoms with van der Waals surface area (Å²) in [5.41, 5.74) is 2.09. The zero-order chi connectivity index (χ0) is 14.1. The van der Waals surface area contributed by atoms with Crippen molar-refractivity contribution in [3.8, 4) is 0 Å². The second-order valence-corrected chi connectivity index (χ2v) is 6.19. The molecule has 20 heavy (non-hydrogen) atoms. The van der Waals surface area contributed by atoms with Crippen LogP contribution in [0, 0.1) is 11.8 Å². The molecule has 0 N–H and O–H groups in total. The average Bonchev–Trinajstić information content (AvgIpc) is 2.76. The highest BCUT2D eigenvalue weighted by molar-refractivity contribution is 5.84. The van der Waals surface area contributed by atoms with Crippen LogP contribution >= 0.6 is 0 Å². The summed E-state index contributed by atoms with van der Waals surface area (Å²) in [7, 11) is 2.00. The first-order valence-electron chi connectivity index (χ1n) is 7.58. The van der Waals surface area contributed by atoms with E-state index < -0.39 is 0 Å². The zero-order valence-corrected chi connectivity index (χ0v) is 12.3. The first-order chi connectivity index (χ1) is 9.65. The van der Waals surface area contributed by atoms with Crippen molar-refractivity contribution in [1.82, 2.24) is 9.55 Å². The molecule has 0 saturated heterocycles. The van der Waals surface area contributed by atoms with Crippen molar-refractivity contribution in [1.29, 1.82) is 0 Å². The van der Waals surface area contributed by atoms with Crippen LogP contribution in [0.5, 0.6) is 0 Å². The molecule has 2 unspecified atom stereocenters. The Bertz CT molecular complexity index is 629. The molecule has 1 aromatic heterocycles. The van der Waals surface area contributed by atoms with Crippen LogP contribution in [0.25, 0.3) is 11.0 Å². The number of hydrogen-bond acceptors (Lipinski definition) is 2. The molecule has 0 spiro atoms. The van der Waals surface area contributed by atoms with Crippen molar-refractivity contribution in [2.24, 2.45) is 18.9 Å². The Labute approximate surface area is 120 Å². The molecule has 2 aromatic rings. The number of carbonyl (C=O) groups excluding carboxylic acids is 1.